The summed E-state index contributed by atoms with van der Waals surface area (Å²) in [6, 6.07) is 4.07. The summed E-state index contributed by atoms with van der Waals surface area (Å²) < 4.78 is 80.7. The highest BCUT2D eigenvalue weighted by atomic mass is 19.4. The van der Waals surface area contributed by atoms with Gasteiger partial charge in [-0.15, -0.1) is 0 Å². The van der Waals surface area contributed by atoms with E-state index in [4.69, 9.17) is 4.74 Å². The van der Waals surface area contributed by atoms with Crippen LogP contribution in [0.15, 0.2) is 30.3 Å². The maximum absolute atomic E-state index is 13.0. The van der Waals surface area contributed by atoms with E-state index in [-0.39, 0.29) is 36.2 Å². The largest absolute Gasteiger partial charge is 0.474 e. The van der Waals surface area contributed by atoms with Crippen LogP contribution in [0, 0.1) is 0 Å². The highest BCUT2D eigenvalue weighted by Crippen LogP contribution is 2.29. The van der Waals surface area contributed by atoms with Crippen LogP contribution in [0.4, 0.5) is 42.8 Å². The molecule has 0 unspecified atom stereocenters. The van der Waals surface area contributed by atoms with Crippen molar-refractivity contribution in [2.45, 2.75) is 38.5 Å². The zero-order valence-electron chi connectivity index (χ0n) is 15.6. The number of alkyl halides is 6. The lowest BCUT2D eigenvalue weighted by Crippen LogP contribution is -2.22. The number of urea groups is 1. The zero-order valence-corrected chi connectivity index (χ0v) is 15.6. The summed E-state index contributed by atoms with van der Waals surface area (Å²) in [5, 5.41) is 4.53. The summed E-state index contributed by atoms with van der Waals surface area (Å²) in [7, 11) is 0. The first-order valence-corrected chi connectivity index (χ1v) is 8.71. The van der Waals surface area contributed by atoms with Crippen molar-refractivity contribution in [3.8, 4) is 5.88 Å². The Morgan fingerprint density at radius 1 is 1.10 bits per heavy atom. The summed E-state index contributed by atoms with van der Waals surface area (Å²) in [4.78, 5) is 19.8. The lowest BCUT2D eigenvalue weighted by molar-refractivity contribution is -0.137. The van der Waals surface area contributed by atoms with Gasteiger partial charge in [0.2, 0.25) is 18.3 Å². The van der Waals surface area contributed by atoms with Crippen LogP contribution in [0.25, 0.3) is 0 Å². The average Bonchev–Trinajstić information content (AvgIpc) is 2.64. The number of ether oxygens (including phenoxy) is 1. The third-order valence-corrected chi connectivity index (χ3v) is 3.53. The molecular formula is C18H18F6N4O2. The van der Waals surface area contributed by atoms with E-state index < -0.39 is 36.8 Å². The van der Waals surface area contributed by atoms with E-state index in [2.05, 4.69) is 20.6 Å². The molecule has 1 aromatic heterocycles. The van der Waals surface area contributed by atoms with Crippen molar-refractivity contribution < 1.29 is 35.9 Å². The van der Waals surface area contributed by atoms with Crippen LogP contribution >= 0.6 is 0 Å². The molecule has 30 heavy (non-hydrogen) atoms. The average molecular weight is 436 g/mol. The Morgan fingerprint density at radius 3 is 2.33 bits per heavy atom. The van der Waals surface area contributed by atoms with Crippen LogP contribution in [-0.2, 0) is 12.6 Å². The number of aromatic nitrogens is 2. The molecule has 0 bridgehead atoms. The van der Waals surface area contributed by atoms with Crippen molar-refractivity contribution >= 4 is 17.7 Å². The minimum atomic E-state index is -4.51. The number of benzene rings is 1. The van der Waals surface area contributed by atoms with E-state index in [1.54, 1.807) is 0 Å². The van der Waals surface area contributed by atoms with Gasteiger partial charge in [-0.05, 0) is 37.6 Å². The Kier molecular flexibility index (Phi) is 7.84. The summed E-state index contributed by atoms with van der Waals surface area (Å²) in [5.74, 6) is -0.420. The van der Waals surface area contributed by atoms with Gasteiger partial charge in [0.1, 0.15) is 12.8 Å². The quantitative estimate of drug-likeness (QED) is 0.567. The summed E-state index contributed by atoms with van der Waals surface area (Å²) >= 11 is 0. The molecule has 1 aromatic carbocycles. The Bertz CT molecular complexity index is 813. The molecule has 164 valence electrons. The molecule has 0 aliphatic carbocycles. The number of nitrogens with zero attached hydrogens (tertiary/aromatic N) is 2. The Hall–Kier alpha value is -3.05. The van der Waals surface area contributed by atoms with E-state index in [0.717, 1.165) is 24.3 Å². The fourth-order valence-corrected chi connectivity index (χ4v) is 2.19. The molecule has 2 amide bonds. The SMILES string of the molecule is C[C@H](F)COc1cc(CCC(F)F)nc(NC(=O)Nc2ccc(C(F)(F)F)cc2)n1. The van der Waals surface area contributed by atoms with Crippen molar-refractivity contribution in [2.24, 2.45) is 0 Å². The number of rotatable bonds is 8. The van der Waals surface area contributed by atoms with Gasteiger partial charge in [-0.3, -0.25) is 5.32 Å². The zero-order chi connectivity index (χ0) is 22.3. The summed E-state index contributed by atoms with van der Waals surface area (Å²) in [6.07, 6.45) is -9.04. The molecule has 0 aliphatic rings. The monoisotopic (exact) mass is 436 g/mol. The van der Waals surface area contributed by atoms with Crippen molar-refractivity contribution in [1.29, 1.82) is 0 Å². The fourth-order valence-electron chi connectivity index (χ4n) is 2.19. The van der Waals surface area contributed by atoms with Crippen LogP contribution in [0.5, 0.6) is 5.88 Å². The third kappa shape index (κ3) is 7.76. The molecule has 0 saturated carbocycles. The number of hydrogen-bond acceptors (Lipinski definition) is 4. The fraction of sp³-hybridized carbons (Fsp3) is 0.389. The predicted octanol–water partition coefficient (Wildman–Crippen LogP) is 5.07. The second kappa shape index (κ2) is 10.1. The number of anilines is 2. The lowest BCUT2D eigenvalue weighted by Gasteiger charge is -2.12. The molecule has 0 fully saturated rings. The highest BCUT2D eigenvalue weighted by molar-refractivity contribution is 5.98. The van der Waals surface area contributed by atoms with E-state index in [0.29, 0.717) is 0 Å². The van der Waals surface area contributed by atoms with Gasteiger partial charge in [-0.25, -0.2) is 22.9 Å². The molecule has 1 heterocycles. The van der Waals surface area contributed by atoms with Gasteiger partial charge in [0.15, 0.2) is 0 Å². The van der Waals surface area contributed by atoms with Gasteiger partial charge in [0.25, 0.3) is 0 Å². The van der Waals surface area contributed by atoms with Gasteiger partial charge in [0, 0.05) is 23.9 Å². The van der Waals surface area contributed by atoms with Crippen LogP contribution in [0.1, 0.15) is 24.6 Å². The molecule has 2 N–H and O–H groups in total. The van der Waals surface area contributed by atoms with Crippen LogP contribution in [-0.4, -0.2) is 35.2 Å². The maximum Gasteiger partial charge on any atom is 0.416 e. The lowest BCUT2D eigenvalue weighted by atomic mass is 10.2. The van der Waals surface area contributed by atoms with Crippen molar-refractivity contribution in [1.82, 2.24) is 9.97 Å². The molecule has 0 radical (unpaired) electrons. The normalized spacial score (nSPS) is 12.5. The number of nitrogens with one attached hydrogen (secondary N) is 2. The van der Waals surface area contributed by atoms with E-state index in [1.807, 2.05) is 0 Å². The first kappa shape index (κ1) is 23.2. The highest BCUT2D eigenvalue weighted by Gasteiger charge is 2.30. The molecule has 2 rings (SSSR count). The molecular weight excluding hydrogens is 418 g/mol. The van der Waals surface area contributed by atoms with Crippen LogP contribution in [0.2, 0.25) is 0 Å². The summed E-state index contributed by atoms with van der Waals surface area (Å²) in [5.41, 5.74) is -0.680. The van der Waals surface area contributed by atoms with Gasteiger partial charge in [-0.1, -0.05) is 0 Å². The molecule has 12 heteroatoms. The van der Waals surface area contributed by atoms with Crippen molar-refractivity contribution in [2.75, 3.05) is 17.2 Å². The standard InChI is InChI=1S/C18H18F6N4O2/c1-10(19)9-30-15-8-13(6-7-14(20)21)25-16(27-15)28-17(29)26-12-4-2-11(3-5-12)18(22,23)24/h2-5,8,10,14H,6-7,9H2,1H3,(H2,25,26,27,28,29)/t10-/m0/s1. The molecule has 2 aromatic rings. The van der Waals surface area contributed by atoms with E-state index in [9.17, 15) is 31.1 Å². The smallest absolute Gasteiger partial charge is 0.416 e. The van der Waals surface area contributed by atoms with Gasteiger partial charge in [0.05, 0.1) is 5.56 Å². The van der Waals surface area contributed by atoms with Gasteiger partial charge in [-0.2, -0.15) is 18.2 Å². The third-order valence-electron chi connectivity index (χ3n) is 3.53. The van der Waals surface area contributed by atoms with Crippen LogP contribution < -0.4 is 15.4 Å². The molecule has 0 spiro atoms. The number of carbonyl (C=O) groups excluding carboxylic acids is 1. The molecule has 6 nitrogen and oxygen atoms in total. The van der Waals surface area contributed by atoms with Crippen molar-refractivity contribution in [3.05, 3.63) is 41.6 Å². The number of carbonyl (C=O) groups is 1. The topological polar surface area (TPSA) is 76.1 Å². The maximum atomic E-state index is 13.0. The Labute approximate surface area is 167 Å². The minimum absolute atomic E-state index is 0.0667. The number of halogens is 6. The first-order chi connectivity index (χ1) is 14.0. The van der Waals surface area contributed by atoms with E-state index >= 15 is 0 Å². The molecule has 0 saturated heterocycles. The molecule has 1 atom stereocenters. The van der Waals surface area contributed by atoms with Crippen LogP contribution in [0.3, 0.4) is 0 Å². The second-order valence-electron chi connectivity index (χ2n) is 6.20. The Morgan fingerprint density at radius 2 is 1.77 bits per heavy atom. The molecule has 0 aliphatic heterocycles. The Balaban J connectivity index is 2.09. The minimum Gasteiger partial charge on any atom is -0.474 e. The number of hydrogen-bond donors (Lipinski definition) is 2. The van der Waals surface area contributed by atoms with Crippen molar-refractivity contribution in [3.63, 3.8) is 0 Å². The second-order valence-corrected chi connectivity index (χ2v) is 6.20. The summed E-state index contributed by atoms with van der Waals surface area (Å²) in [6.45, 7) is 0.901. The number of amides is 2. The predicted molar refractivity (Wildman–Crippen MR) is 96.5 cm³/mol. The first-order valence-electron chi connectivity index (χ1n) is 8.71. The van der Waals surface area contributed by atoms with Gasteiger partial charge >= 0.3 is 12.2 Å². The van der Waals surface area contributed by atoms with E-state index in [1.165, 1.54) is 13.0 Å². The van der Waals surface area contributed by atoms with Gasteiger partial charge < -0.3 is 10.1 Å². The number of aryl methyl sites for hydroxylation is 1.